The fourth-order valence-electron chi connectivity index (χ4n) is 2.21. The van der Waals surface area contributed by atoms with Crippen molar-refractivity contribution in [3.8, 4) is 0 Å². The van der Waals surface area contributed by atoms with Gasteiger partial charge in [-0.05, 0) is 48.2 Å². The molecule has 0 fully saturated rings. The van der Waals surface area contributed by atoms with E-state index < -0.39 is 11.9 Å². The molecule has 0 aliphatic heterocycles. The first kappa shape index (κ1) is 18.8. The van der Waals surface area contributed by atoms with Crippen LogP contribution in [0.5, 0.6) is 0 Å². The summed E-state index contributed by atoms with van der Waals surface area (Å²) in [6.45, 7) is 3.90. The number of carbonyl (C=O) groups excluding carboxylic acids is 2. The minimum absolute atomic E-state index is 0.243. The van der Waals surface area contributed by atoms with Crippen molar-refractivity contribution in [2.24, 2.45) is 0 Å². The predicted octanol–water partition coefficient (Wildman–Crippen LogP) is 4.23. The number of ether oxygens (including phenoxy) is 1. The van der Waals surface area contributed by atoms with Gasteiger partial charge in [-0.15, -0.1) is 0 Å². The van der Waals surface area contributed by atoms with E-state index in [9.17, 15) is 9.59 Å². The van der Waals surface area contributed by atoms with Gasteiger partial charge in [0.05, 0.1) is 16.3 Å². The van der Waals surface area contributed by atoms with Gasteiger partial charge in [-0.1, -0.05) is 37.6 Å². The van der Waals surface area contributed by atoms with Crippen LogP contribution < -0.4 is 11.1 Å². The van der Waals surface area contributed by atoms with Gasteiger partial charge in [0.2, 0.25) is 0 Å². The molecule has 0 saturated carbocycles. The topological polar surface area (TPSA) is 81.4 Å². The van der Waals surface area contributed by atoms with Crippen LogP contribution in [0, 0.1) is 0 Å². The summed E-state index contributed by atoms with van der Waals surface area (Å²) in [6.07, 6.45) is 1.05. The second kappa shape index (κ2) is 8.53. The van der Waals surface area contributed by atoms with Gasteiger partial charge in [-0.25, -0.2) is 4.79 Å². The molecule has 0 heterocycles. The summed E-state index contributed by atoms with van der Waals surface area (Å²) in [5.74, 6) is -0.574. The zero-order valence-electron chi connectivity index (χ0n) is 14.2. The first-order chi connectivity index (χ1) is 11.9. The van der Waals surface area contributed by atoms with Crippen LogP contribution in [0.4, 0.5) is 11.4 Å². The molecular weight excluding hydrogens is 340 g/mol. The van der Waals surface area contributed by atoms with Gasteiger partial charge in [0.25, 0.3) is 5.91 Å². The third-order valence-electron chi connectivity index (χ3n) is 3.94. The van der Waals surface area contributed by atoms with Crippen molar-refractivity contribution in [2.45, 2.75) is 26.2 Å². The molecule has 0 aliphatic carbocycles. The average Bonchev–Trinajstić information content (AvgIpc) is 2.62. The van der Waals surface area contributed by atoms with Gasteiger partial charge < -0.3 is 15.8 Å². The first-order valence-electron chi connectivity index (χ1n) is 8.02. The molecule has 0 unspecified atom stereocenters. The largest absolute Gasteiger partial charge is 0.452 e. The maximum absolute atomic E-state index is 11.9. The highest BCUT2D eigenvalue weighted by molar-refractivity contribution is 6.33. The zero-order chi connectivity index (χ0) is 18.4. The molecule has 0 aliphatic rings. The van der Waals surface area contributed by atoms with Crippen LogP contribution in [0.2, 0.25) is 5.02 Å². The van der Waals surface area contributed by atoms with Crippen LogP contribution in [0.3, 0.4) is 0 Å². The third kappa shape index (κ3) is 5.22. The molecular formula is C19H21ClN2O3. The van der Waals surface area contributed by atoms with E-state index in [1.54, 1.807) is 0 Å². The maximum Gasteiger partial charge on any atom is 0.338 e. The van der Waals surface area contributed by atoms with Gasteiger partial charge in [0.15, 0.2) is 6.61 Å². The first-order valence-corrected chi connectivity index (χ1v) is 8.40. The number of nitrogens with two attached hydrogens (primary N) is 1. The van der Waals surface area contributed by atoms with E-state index in [1.807, 2.05) is 24.3 Å². The van der Waals surface area contributed by atoms with Crippen LogP contribution in [0.25, 0.3) is 0 Å². The van der Waals surface area contributed by atoms with Crippen LogP contribution in [0.15, 0.2) is 42.5 Å². The lowest BCUT2D eigenvalue weighted by Crippen LogP contribution is -2.21. The van der Waals surface area contributed by atoms with Gasteiger partial charge >= 0.3 is 5.97 Å². The highest BCUT2D eigenvalue weighted by Gasteiger charge is 2.12. The molecule has 0 saturated heterocycles. The van der Waals surface area contributed by atoms with Crippen molar-refractivity contribution in [1.82, 2.24) is 0 Å². The van der Waals surface area contributed by atoms with E-state index in [0.717, 1.165) is 6.42 Å². The van der Waals surface area contributed by atoms with E-state index in [1.165, 1.54) is 23.8 Å². The van der Waals surface area contributed by atoms with E-state index in [4.69, 9.17) is 22.1 Å². The molecule has 6 heteroatoms. The summed E-state index contributed by atoms with van der Waals surface area (Å²) in [5.41, 5.74) is 8.04. The molecule has 0 bridgehead atoms. The van der Waals surface area contributed by atoms with Crippen molar-refractivity contribution in [3.05, 3.63) is 58.6 Å². The Morgan fingerprint density at radius 2 is 1.88 bits per heavy atom. The van der Waals surface area contributed by atoms with Gasteiger partial charge in [-0.2, -0.15) is 0 Å². The fourth-order valence-corrected chi connectivity index (χ4v) is 2.33. The summed E-state index contributed by atoms with van der Waals surface area (Å²) in [6, 6.07) is 12.0. The van der Waals surface area contributed by atoms with E-state index in [-0.39, 0.29) is 17.9 Å². The highest BCUT2D eigenvalue weighted by atomic mass is 35.5. The third-order valence-corrected chi connectivity index (χ3v) is 4.29. The molecule has 2 aromatic carbocycles. The number of carbonyl (C=O) groups is 2. The molecule has 3 N–H and O–H groups in total. The highest BCUT2D eigenvalue weighted by Crippen LogP contribution is 2.21. The van der Waals surface area contributed by atoms with Gasteiger partial charge in [0.1, 0.15) is 0 Å². The quantitative estimate of drug-likeness (QED) is 0.596. The Labute approximate surface area is 152 Å². The number of nitrogen functional groups attached to an aromatic ring is 1. The Kier molecular flexibility index (Phi) is 6.42. The number of hydrogen-bond donors (Lipinski definition) is 2. The average molecular weight is 361 g/mol. The van der Waals surface area contributed by atoms with Crippen molar-refractivity contribution in [1.29, 1.82) is 0 Å². The van der Waals surface area contributed by atoms with Crippen molar-refractivity contribution in [3.63, 3.8) is 0 Å². The second-order valence-electron chi connectivity index (χ2n) is 5.79. The summed E-state index contributed by atoms with van der Waals surface area (Å²) < 4.78 is 4.99. The van der Waals surface area contributed by atoms with Crippen molar-refractivity contribution in [2.75, 3.05) is 17.7 Å². The molecule has 132 valence electrons. The standard InChI is InChI=1S/C19H21ClN2O3/c1-3-12(2)13-4-7-15(8-5-13)22-18(23)11-25-19(24)14-6-9-16(20)17(21)10-14/h4-10,12H,3,11,21H2,1-2H3,(H,22,23)/t12-/m1/s1. The van der Waals surface area contributed by atoms with Crippen LogP contribution in [0.1, 0.15) is 42.1 Å². The minimum Gasteiger partial charge on any atom is -0.452 e. The maximum atomic E-state index is 11.9. The lowest BCUT2D eigenvalue weighted by molar-refractivity contribution is -0.119. The molecule has 0 aromatic heterocycles. The molecule has 2 aromatic rings. The monoisotopic (exact) mass is 360 g/mol. The SMILES string of the molecule is CC[C@@H](C)c1ccc(NC(=O)COC(=O)c2ccc(Cl)c(N)c2)cc1. The Hall–Kier alpha value is -2.53. The van der Waals surface area contributed by atoms with E-state index in [0.29, 0.717) is 16.6 Å². The fraction of sp³-hybridized carbons (Fsp3) is 0.263. The number of halogens is 1. The number of esters is 1. The number of anilines is 2. The lowest BCUT2D eigenvalue weighted by Gasteiger charge is -2.11. The number of hydrogen-bond acceptors (Lipinski definition) is 4. The second-order valence-corrected chi connectivity index (χ2v) is 6.20. The smallest absolute Gasteiger partial charge is 0.338 e. The van der Waals surface area contributed by atoms with Crippen molar-refractivity contribution >= 4 is 34.9 Å². The Bertz CT molecular complexity index is 760. The molecule has 2 rings (SSSR count). The van der Waals surface area contributed by atoms with Crippen LogP contribution in [-0.2, 0) is 9.53 Å². The summed E-state index contributed by atoms with van der Waals surface area (Å²) in [4.78, 5) is 23.8. The summed E-state index contributed by atoms with van der Waals surface area (Å²) in [5, 5.41) is 3.05. The molecule has 5 nitrogen and oxygen atoms in total. The number of amides is 1. The number of rotatable bonds is 6. The molecule has 0 radical (unpaired) electrons. The van der Waals surface area contributed by atoms with Gasteiger partial charge in [-0.3, -0.25) is 4.79 Å². The molecule has 1 amide bonds. The Morgan fingerprint density at radius 1 is 1.20 bits per heavy atom. The Morgan fingerprint density at radius 3 is 2.48 bits per heavy atom. The van der Waals surface area contributed by atoms with Crippen LogP contribution in [-0.4, -0.2) is 18.5 Å². The minimum atomic E-state index is -0.634. The number of benzene rings is 2. The predicted molar refractivity (Wildman–Crippen MR) is 99.9 cm³/mol. The normalized spacial score (nSPS) is 11.6. The Balaban J connectivity index is 1.87. The van der Waals surface area contributed by atoms with E-state index >= 15 is 0 Å². The molecule has 0 spiro atoms. The summed E-state index contributed by atoms with van der Waals surface area (Å²) in [7, 11) is 0. The lowest BCUT2D eigenvalue weighted by atomic mass is 9.99. The van der Waals surface area contributed by atoms with Crippen LogP contribution >= 0.6 is 11.6 Å². The van der Waals surface area contributed by atoms with Crippen molar-refractivity contribution < 1.29 is 14.3 Å². The molecule has 1 atom stereocenters. The molecule has 25 heavy (non-hydrogen) atoms. The van der Waals surface area contributed by atoms with Gasteiger partial charge in [0, 0.05) is 5.69 Å². The van der Waals surface area contributed by atoms with E-state index in [2.05, 4.69) is 19.2 Å². The summed E-state index contributed by atoms with van der Waals surface area (Å²) >= 11 is 5.80. The zero-order valence-corrected chi connectivity index (χ0v) is 15.0. The number of nitrogens with one attached hydrogen (secondary N) is 1.